The fraction of sp³-hybridized carbons (Fsp3) is 0.588. The van der Waals surface area contributed by atoms with E-state index in [4.69, 9.17) is 0 Å². The molecule has 0 unspecified atom stereocenters. The molecule has 2 aromatic heterocycles. The van der Waals surface area contributed by atoms with Gasteiger partial charge in [0, 0.05) is 42.6 Å². The Kier molecular flexibility index (Phi) is 3.81. The normalized spacial score (nSPS) is 22.7. The highest BCUT2D eigenvalue weighted by Gasteiger charge is 2.56. The van der Waals surface area contributed by atoms with Crippen LogP contribution >= 0.6 is 11.3 Å². The number of rotatable bonds is 4. The molecule has 1 aliphatic heterocycles. The van der Waals surface area contributed by atoms with Crippen molar-refractivity contribution in [1.82, 2.24) is 19.9 Å². The molecular weight excluding hydrogens is 306 g/mol. The molecule has 0 N–H and O–H groups in total. The highest BCUT2D eigenvalue weighted by Crippen LogP contribution is 2.56. The minimum Gasteiger partial charge on any atom is -0.341 e. The molecule has 0 bridgehead atoms. The summed E-state index contributed by atoms with van der Waals surface area (Å²) in [5.41, 5.74) is 1.56. The molecular formula is C17H23N5S. The summed E-state index contributed by atoms with van der Waals surface area (Å²) in [7, 11) is 2.25. The van der Waals surface area contributed by atoms with E-state index in [0.29, 0.717) is 11.5 Å². The van der Waals surface area contributed by atoms with E-state index in [2.05, 4.69) is 37.2 Å². The lowest BCUT2D eigenvalue weighted by molar-refractivity contribution is 0.238. The first kappa shape index (κ1) is 15.0. The van der Waals surface area contributed by atoms with Crippen LogP contribution in [-0.2, 0) is 6.54 Å². The summed E-state index contributed by atoms with van der Waals surface area (Å²) in [6.45, 7) is 5.16. The highest BCUT2D eigenvalue weighted by atomic mass is 32.1. The molecule has 2 fully saturated rings. The van der Waals surface area contributed by atoms with Gasteiger partial charge in [-0.1, -0.05) is 0 Å². The van der Waals surface area contributed by atoms with Crippen molar-refractivity contribution in [2.45, 2.75) is 38.8 Å². The van der Waals surface area contributed by atoms with E-state index in [1.54, 1.807) is 11.3 Å². The van der Waals surface area contributed by atoms with Crippen LogP contribution in [0.15, 0.2) is 23.8 Å². The topological polar surface area (TPSA) is 45.2 Å². The summed E-state index contributed by atoms with van der Waals surface area (Å²) >= 11 is 1.75. The van der Waals surface area contributed by atoms with E-state index in [1.807, 2.05) is 25.4 Å². The number of aromatic nitrogens is 3. The van der Waals surface area contributed by atoms with Crippen LogP contribution in [-0.4, -0.2) is 46.0 Å². The molecule has 0 amide bonds. The molecule has 1 saturated heterocycles. The number of hydrogen-bond donors (Lipinski definition) is 0. The average molecular weight is 329 g/mol. The zero-order valence-corrected chi connectivity index (χ0v) is 14.6. The van der Waals surface area contributed by atoms with E-state index >= 15 is 0 Å². The second-order valence-electron chi connectivity index (χ2n) is 6.91. The van der Waals surface area contributed by atoms with Gasteiger partial charge in [-0.3, -0.25) is 4.90 Å². The SMILES string of the molecule is Cc1ccnc(N2CCC3(CC2)C[C@H]3N(C)Cc2nccs2)n1. The Bertz CT molecular complexity index is 663. The molecule has 1 aliphatic carbocycles. The summed E-state index contributed by atoms with van der Waals surface area (Å²) in [5, 5.41) is 3.28. The smallest absolute Gasteiger partial charge is 0.225 e. The minimum absolute atomic E-state index is 0.520. The monoisotopic (exact) mass is 329 g/mol. The summed E-state index contributed by atoms with van der Waals surface area (Å²) in [5.74, 6) is 0.896. The van der Waals surface area contributed by atoms with Gasteiger partial charge in [0.15, 0.2) is 0 Å². The maximum absolute atomic E-state index is 4.57. The molecule has 3 heterocycles. The zero-order valence-electron chi connectivity index (χ0n) is 13.8. The second kappa shape index (κ2) is 5.83. The maximum atomic E-state index is 4.57. The number of nitrogens with zero attached hydrogens (tertiary/aromatic N) is 5. The Morgan fingerprint density at radius 1 is 1.30 bits per heavy atom. The van der Waals surface area contributed by atoms with Crippen LogP contribution < -0.4 is 4.90 Å². The first-order valence-corrected chi connectivity index (χ1v) is 9.17. The van der Waals surface area contributed by atoms with Crippen LogP contribution in [0.2, 0.25) is 0 Å². The van der Waals surface area contributed by atoms with E-state index in [1.165, 1.54) is 24.3 Å². The third-order valence-electron chi connectivity index (χ3n) is 5.37. The molecule has 0 radical (unpaired) electrons. The summed E-state index contributed by atoms with van der Waals surface area (Å²) < 4.78 is 0. The molecule has 6 heteroatoms. The zero-order chi connectivity index (χ0) is 15.9. The molecule has 122 valence electrons. The Hall–Kier alpha value is -1.53. The van der Waals surface area contributed by atoms with Gasteiger partial charge >= 0.3 is 0 Å². The second-order valence-corrected chi connectivity index (χ2v) is 7.89. The predicted octanol–water partition coefficient (Wildman–Crippen LogP) is 2.73. The Morgan fingerprint density at radius 2 is 2.13 bits per heavy atom. The lowest BCUT2D eigenvalue weighted by Crippen LogP contribution is -2.38. The van der Waals surface area contributed by atoms with Gasteiger partial charge in [0.1, 0.15) is 5.01 Å². The van der Waals surface area contributed by atoms with Crippen LogP contribution in [0.25, 0.3) is 0 Å². The van der Waals surface area contributed by atoms with Crippen LogP contribution in [0.4, 0.5) is 5.95 Å². The van der Waals surface area contributed by atoms with Crippen LogP contribution in [0.3, 0.4) is 0 Å². The van der Waals surface area contributed by atoms with Crippen LogP contribution in [0, 0.1) is 12.3 Å². The van der Waals surface area contributed by atoms with Crippen LogP contribution in [0.1, 0.15) is 30.0 Å². The molecule has 0 aromatic carbocycles. The standard InChI is InChI=1S/C17H23N5S/c1-13-3-6-19-16(20-13)22-8-4-17(5-9-22)11-14(17)21(2)12-15-18-7-10-23-15/h3,6-7,10,14H,4-5,8-9,11-12H2,1-2H3/t14-/m1/s1. The number of anilines is 1. The van der Waals surface area contributed by atoms with E-state index in [0.717, 1.165) is 31.3 Å². The van der Waals surface area contributed by atoms with Crippen molar-refractivity contribution < 1.29 is 0 Å². The molecule has 2 aromatic rings. The molecule has 1 spiro atoms. The number of piperidine rings is 1. The van der Waals surface area contributed by atoms with Gasteiger partial charge < -0.3 is 4.90 Å². The van der Waals surface area contributed by atoms with Gasteiger partial charge in [0.25, 0.3) is 0 Å². The number of hydrogen-bond acceptors (Lipinski definition) is 6. The van der Waals surface area contributed by atoms with E-state index < -0.39 is 0 Å². The van der Waals surface area contributed by atoms with Crippen molar-refractivity contribution in [3.63, 3.8) is 0 Å². The number of aryl methyl sites for hydroxylation is 1. The van der Waals surface area contributed by atoms with Gasteiger partial charge in [-0.15, -0.1) is 11.3 Å². The van der Waals surface area contributed by atoms with Crippen molar-refractivity contribution in [3.05, 3.63) is 34.5 Å². The minimum atomic E-state index is 0.520. The molecule has 5 nitrogen and oxygen atoms in total. The molecule has 23 heavy (non-hydrogen) atoms. The van der Waals surface area contributed by atoms with Gasteiger partial charge in [0.05, 0.1) is 6.54 Å². The van der Waals surface area contributed by atoms with Gasteiger partial charge in [-0.05, 0) is 44.7 Å². The van der Waals surface area contributed by atoms with Gasteiger partial charge in [-0.2, -0.15) is 0 Å². The molecule has 1 saturated carbocycles. The van der Waals surface area contributed by atoms with Crippen LogP contribution in [0.5, 0.6) is 0 Å². The third-order valence-corrected chi connectivity index (χ3v) is 6.14. The molecule has 4 rings (SSSR count). The first-order valence-electron chi connectivity index (χ1n) is 8.29. The fourth-order valence-electron chi connectivity index (χ4n) is 3.88. The summed E-state index contributed by atoms with van der Waals surface area (Å²) in [6, 6.07) is 2.67. The van der Waals surface area contributed by atoms with Gasteiger partial charge in [0.2, 0.25) is 5.95 Å². The average Bonchev–Trinajstić information content (AvgIpc) is 3.00. The van der Waals surface area contributed by atoms with Crippen molar-refractivity contribution in [2.75, 3.05) is 25.0 Å². The Labute approximate surface area is 141 Å². The largest absolute Gasteiger partial charge is 0.341 e. The quantitative estimate of drug-likeness (QED) is 0.863. The Balaban J connectivity index is 1.35. The molecule has 1 atom stereocenters. The van der Waals surface area contributed by atoms with Crippen molar-refractivity contribution >= 4 is 17.3 Å². The Morgan fingerprint density at radius 3 is 2.83 bits per heavy atom. The maximum Gasteiger partial charge on any atom is 0.225 e. The lowest BCUT2D eigenvalue weighted by atomic mass is 9.92. The van der Waals surface area contributed by atoms with Crippen molar-refractivity contribution in [2.24, 2.45) is 5.41 Å². The third kappa shape index (κ3) is 2.97. The number of thiazole rings is 1. The summed E-state index contributed by atoms with van der Waals surface area (Å²) in [4.78, 5) is 18.3. The van der Waals surface area contributed by atoms with Gasteiger partial charge in [-0.25, -0.2) is 15.0 Å². The lowest BCUT2D eigenvalue weighted by Gasteiger charge is -2.34. The predicted molar refractivity (Wildman–Crippen MR) is 92.6 cm³/mol. The van der Waals surface area contributed by atoms with E-state index in [9.17, 15) is 0 Å². The first-order chi connectivity index (χ1) is 11.2. The summed E-state index contributed by atoms with van der Waals surface area (Å²) in [6.07, 6.45) is 7.59. The van der Waals surface area contributed by atoms with Crippen molar-refractivity contribution in [3.8, 4) is 0 Å². The fourth-order valence-corrected chi connectivity index (χ4v) is 4.56. The highest BCUT2D eigenvalue weighted by molar-refractivity contribution is 7.09. The van der Waals surface area contributed by atoms with E-state index in [-0.39, 0.29) is 0 Å². The molecule has 2 aliphatic rings. The van der Waals surface area contributed by atoms with Crippen molar-refractivity contribution in [1.29, 1.82) is 0 Å².